The van der Waals surface area contributed by atoms with Gasteiger partial charge in [-0.15, -0.1) is 0 Å². The first-order valence-electron chi connectivity index (χ1n) is 5.04. The van der Waals surface area contributed by atoms with Gasteiger partial charge in [0.2, 0.25) is 0 Å². The number of hydrogen-bond acceptors (Lipinski definition) is 4. The monoisotopic (exact) mass is 223 g/mol. The van der Waals surface area contributed by atoms with Crippen molar-refractivity contribution in [2.45, 2.75) is 19.3 Å². The van der Waals surface area contributed by atoms with E-state index in [0.717, 1.165) is 6.42 Å². The Labute approximate surface area is 90.1 Å². The van der Waals surface area contributed by atoms with Crippen molar-refractivity contribution < 1.29 is 0 Å². The van der Waals surface area contributed by atoms with Gasteiger partial charge in [-0.05, 0) is 13.0 Å². The summed E-state index contributed by atoms with van der Waals surface area (Å²) in [7, 11) is 0. The zero-order valence-electron chi connectivity index (χ0n) is 8.83. The van der Waals surface area contributed by atoms with E-state index in [0.29, 0.717) is 17.9 Å². The average molecular weight is 223 g/mol. The van der Waals surface area contributed by atoms with Gasteiger partial charge in [-0.3, -0.25) is 14.8 Å². The van der Waals surface area contributed by atoms with Gasteiger partial charge in [-0.1, -0.05) is 6.92 Å². The van der Waals surface area contributed by atoms with Crippen molar-refractivity contribution in [3.8, 4) is 0 Å². The predicted molar refractivity (Wildman–Crippen MR) is 59.4 cm³/mol. The summed E-state index contributed by atoms with van der Waals surface area (Å²) < 4.78 is 0. The van der Waals surface area contributed by atoms with Crippen LogP contribution in [0.3, 0.4) is 0 Å². The molecule has 0 bridgehead atoms. The van der Waals surface area contributed by atoms with Crippen molar-refractivity contribution in [2.75, 3.05) is 6.54 Å². The highest BCUT2D eigenvalue weighted by molar-refractivity contribution is 5.68. The summed E-state index contributed by atoms with van der Waals surface area (Å²) in [5.74, 6) is 0.785. The van der Waals surface area contributed by atoms with Crippen molar-refractivity contribution in [2.24, 2.45) is 5.73 Å². The van der Waals surface area contributed by atoms with E-state index >= 15 is 0 Å². The molecule has 0 fully saturated rings. The van der Waals surface area contributed by atoms with Gasteiger partial charge in [0, 0.05) is 5.92 Å². The quantitative estimate of drug-likeness (QED) is 0.554. The molecule has 2 heterocycles. The lowest BCUT2D eigenvalue weighted by Gasteiger charge is -2.04. The van der Waals surface area contributed by atoms with Crippen molar-refractivity contribution in [1.82, 2.24) is 19.9 Å². The highest BCUT2D eigenvalue weighted by Crippen LogP contribution is 2.15. The standard InChI is InChI=1S/C9H13N5O2/c1-4(2-3-10)6-11-5-7(12-6)13-9(16)14-8(5)15/h4H,2-3,10H2,1H3,(H3,11,12,13,14,15,16). The first kappa shape index (κ1) is 10.6. The molecule has 1 atom stereocenters. The van der Waals surface area contributed by atoms with Gasteiger partial charge in [0.05, 0.1) is 0 Å². The van der Waals surface area contributed by atoms with Crippen molar-refractivity contribution in [3.63, 3.8) is 0 Å². The second kappa shape index (κ2) is 3.93. The predicted octanol–water partition coefficient (Wildman–Crippen LogP) is -0.608. The zero-order valence-corrected chi connectivity index (χ0v) is 8.83. The number of imidazole rings is 1. The molecule has 7 heteroatoms. The van der Waals surface area contributed by atoms with E-state index in [9.17, 15) is 9.59 Å². The smallest absolute Gasteiger partial charge is 0.327 e. The molecule has 0 amide bonds. The van der Waals surface area contributed by atoms with Crippen LogP contribution in [0.25, 0.3) is 11.2 Å². The van der Waals surface area contributed by atoms with Crippen molar-refractivity contribution in [3.05, 3.63) is 26.7 Å². The third-order valence-corrected chi connectivity index (χ3v) is 2.47. The Balaban J connectivity index is 2.56. The number of nitrogens with zero attached hydrogens (tertiary/aromatic N) is 1. The Kier molecular flexibility index (Phi) is 2.61. The molecule has 7 nitrogen and oxygen atoms in total. The summed E-state index contributed by atoms with van der Waals surface area (Å²) in [5.41, 5.74) is 5.01. The number of aromatic nitrogens is 4. The van der Waals surface area contributed by atoms with Crippen molar-refractivity contribution in [1.29, 1.82) is 0 Å². The minimum Gasteiger partial charge on any atom is -0.336 e. The summed E-state index contributed by atoms with van der Waals surface area (Å²) in [5, 5.41) is 0. The molecule has 0 saturated carbocycles. The summed E-state index contributed by atoms with van der Waals surface area (Å²) in [6.45, 7) is 2.50. The van der Waals surface area contributed by atoms with Gasteiger partial charge >= 0.3 is 5.69 Å². The molecule has 0 saturated heterocycles. The maximum atomic E-state index is 11.4. The molecule has 0 aliphatic carbocycles. The van der Waals surface area contributed by atoms with E-state index in [1.54, 1.807) is 0 Å². The molecule has 0 radical (unpaired) electrons. The second-order valence-electron chi connectivity index (χ2n) is 3.73. The fourth-order valence-electron chi connectivity index (χ4n) is 1.57. The van der Waals surface area contributed by atoms with Gasteiger partial charge < -0.3 is 10.7 Å². The molecule has 2 aromatic rings. The van der Waals surface area contributed by atoms with Crippen LogP contribution < -0.4 is 17.0 Å². The molecule has 0 aromatic carbocycles. The van der Waals surface area contributed by atoms with Crippen LogP contribution in [0.1, 0.15) is 25.1 Å². The number of aromatic amines is 3. The van der Waals surface area contributed by atoms with Crippen LogP contribution in [0.4, 0.5) is 0 Å². The SMILES string of the molecule is CC(CCN)c1nc2[nH]c(=O)[nH]c(=O)c2[nH]1. The maximum Gasteiger partial charge on any atom is 0.327 e. The first-order valence-corrected chi connectivity index (χ1v) is 5.04. The molecule has 0 aliphatic heterocycles. The molecule has 5 N–H and O–H groups in total. The lowest BCUT2D eigenvalue weighted by Crippen LogP contribution is -2.21. The molecule has 0 spiro atoms. The fourth-order valence-corrected chi connectivity index (χ4v) is 1.57. The molecule has 2 aromatic heterocycles. The molecule has 2 rings (SSSR count). The van der Waals surface area contributed by atoms with E-state index in [4.69, 9.17) is 5.73 Å². The van der Waals surface area contributed by atoms with Crippen LogP contribution >= 0.6 is 0 Å². The van der Waals surface area contributed by atoms with Crippen LogP contribution in [-0.4, -0.2) is 26.5 Å². The van der Waals surface area contributed by atoms with E-state index in [1.807, 2.05) is 6.92 Å². The number of nitrogens with one attached hydrogen (secondary N) is 3. The summed E-state index contributed by atoms with van der Waals surface area (Å²) in [6, 6.07) is 0. The fraction of sp³-hybridized carbons (Fsp3) is 0.444. The Morgan fingerprint density at radius 3 is 2.75 bits per heavy atom. The normalized spacial score (nSPS) is 13.1. The molecular weight excluding hydrogens is 210 g/mol. The van der Waals surface area contributed by atoms with Gasteiger partial charge in [0.1, 0.15) is 11.3 Å². The van der Waals surface area contributed by atoms with E-state index in [1.165, 1.54) is 0 Å². The Morgan fingerprint density at radius 1 is 1.31 bits per heavy atom. The van der Waals surface area contributed by atoms with E-state index < -0.39 is 11.2 Å². The van der Waals surface area contributed by atoms with Crippen LogP contribution in [-0.2, 0) is 0 Å². The topological polar surface area (TPSA) is 120 Å². The lowest BCUT2D eigenvalue weighted by molar-refractivity contribution is 0.657. The van der Waals surface area contributed by atoms with E-state index in [2.05, 4.69) is 19.9 Å². The zero-order chi connectivity index (χ0) is 11.7. The average Bonchev–Trinajstić information content (AvgIpc) is 2.62. The minimum absolute atomic E-state index is 0.125. The number of nitrogens with two attached hydrogens (primary N) is 1. The minimum atomic E-state index is -0.554. The highest BCUT2D eigenvalue weighted by Gasteiger charge is 2.12. The molecule has 86 valence electrons. The maximum absolute atomic E-state index is 11.4. The van der Waals surface area contributed by atoms with Gasteiger partial charge in [0.25, 0.3) is 5.56 Å². The third kappa shape index (κ3) is 1.76. The van der Waals surface area contributed by atoms with Crippen LogP contribution in [0.2, 0.25) is 0 Å². The largest absolute Gasteiger partial charge is 0.336 e. The van der Waals surface area contributed by atoms with Gasteiger partial charge in [-0.25, -0.2) is 9.78 Å². The lowest BCUT2D eigenvalue weighted by atomic mass is 10.1. The first-order chi connectivity index (χ1) is 7.61. The van der Waals surface area contributed by atoms with Crippen LogP contribution in [0, 0.1) is 0 Å². The Hall–Kier alpha value is -1.89. The summed E-state index contributed by atoms with van der Waals surface area (Å²) in [4.78, 5) is 34.1. The summed E-state index contributed by atoms with van der Waals surface area (Å²) in [6.07, 6.45) is 0.766. The highest BCUT2D eigenvalue weighted by atomic mass is 16.2. The number of fused-ring (bicyclic) bond motifs is 1. The van der Waals surface area contributed by atoms with Crippen molar-refractivity contribution >= 4 is 11.2 Å². The van der Waals surface area contributed by atoms with Gasteiger partial charge in [-0.2, -0.15) is 0 Å². The molecule has 1 unspecified atom stereocenters. The van der Waals surface area contributed by atoms with Crippen LogP contribution in [0.5, 0.6) is 0 Å². The Bertz CT molecular complexity index is 608. The van der Waals surface area contributed by atoms with Crippen LogP contribution in [0.15, 0.2) is 9.59 Å². The second-order valence-corrected chi connectivity index (χ2v) is 3.73. The molecule has 0 aliphatic rings. The number of hydrogen-bond donors (Lipinski definition) is 4. The Morgan fingerprint density at radius 2 is 2.06 bits per heavy atom. The third-order valence-electron chi connectivity index (χ3n) is 2.47. The van der Waals surface area contributed by atoms with E-state index in [-0.39, 0.29) is 11.6 Å². The number of H-pyrrole nitrogens is 3. The molecular formula is C9H13N5O2. The molecule has 16 heavy (non-hydrogen) atoms. The summed E-state index contributed by atoms with van der Waals surface area (Å²) >= 11 is 0. The van der Waals surface area contributed by atoms with Gasteiger partial charge in [0.15, 0.2) is 5.65 Å². The number of rotatable bonds is 3.